The summed E-state index contributed by atoms with van der Waals surface area (Å²) in [5.41, 5.74) is 1.41. The number of anilines is 1. The molecule has 92 valence electrons. The molecule has 0 heterocycles. The van der Waals surface area contributed by atoms with Gasteiger partial charge in [-0.15, -0.1) is 0 Å². The Morgan fingerprint density at radius 3 is 2.16 bits per heavy atom. The minimum Gasteiger partial charge on any atom is -0.360 e. The van der Waals surface area contributed by atoms with E-state index in [2.05, 4.69) is 5.32 Å². The summed E-state index contributed by atoms with van der Waals surface area (Å²) in [5, 5.41) is 12.0. The smallest absolute Gasteiger partial charge is 0.205 e. The summed E-state index contributed by atoms with van der Waals surface area (Å²) >= 11 is 0. The molecule has 0 saturated carbocycles. The van der Waals surface area contributed by atoms with E-state index in [1.807, 2.05) is 42.5 Å². The standard InChI is InChI=1S/C16H12N2O/c17-11-14(12-18-15-9-5-2-6-10-15)16(19)13-7-3-1-4-8-13/h1-10,12,18H. The average molecular weight is 248 g/mol. The predicted octanol–water partition coefficient (Wildman–Crippen LogP) is 3.39. The quantitative estimate of drug-likeness (QED) is 0.512. The molecule has 0 fully saturated rings. The molecule has 0 bridgehead atoms. The van der Waals surface area contributed by atoms with E-state index < -0.39 is 0 Å². The van der Waals surface area contributed by atoms with Crippen molar-refractivity contribution in [1.82, 2.24) is 0 Å². The fourth-order valence-electron chi connectivity index (χ4n) is 1.58. The normalized spacial score (nSPS) is 10.6. The zero-order chi connectivity index (χ0) is 13.5. The maximum absolute atomic E-state index is 12.1. The van der Waals surface area contributed by atoms with E-state index in [0.717, 1.165) is 5.69 Å². The van der Waals surface area contributed by atoms with Crippen molar-refractivity contribution in [2.24, 2.45) is 0 Å². The fraction of sp³-hybridized carbons (Fsp3) is 0. The second-order valence-electron chi connectivity index (χ2n) is 3.88. The molecule has 0 spiro atoms. The molecular formula is C16H12N2O. The van der Waals surface area contributed by atoms with Gasteiger partial charge in [-0.2, -0.15) is 5.26 Å². The molecule has 3 nitrogen and oxygen atoms in total. The van der Waals surface area contributed by atoms with E-state index >= 15 is 0 Å². The number of carbonyl (C=O) groups excluding carboxylic acids is 1. The highest BCUT2D eigenvalue weighted by Crippen LogP contribution is 2.10. The maximum atomic E-state index is 12.1. The number of rotatable bonds is 4. The van der Waals surface area contributed by atoms with Crippen molar-refractivity contribution in [3.63, 3.8) is 0 Å². The van der Waals surface area contributed by atoms with Crippen LogP contribution in [0.3, 0.4) is 0 Å². The number of hydrogen-bond donors (Lipinski definition) is 1. The lowest BCUT2D eigenvalue weighted by molar-refractivity contribution is 0.103. The van der Waals surface area contributed by atoms with Gasteiger partial charge in [-0.05, 0) is 12.1 Å². The number of nitrogens with zero attached hydrogens (tertiary/aromatic N) is 1. The maximum Gasteiger partial charge on any atom is 0.205 e. The van der Waals surface area contributed by atoms with Gasteiger partial charge in [0, 0.05) is 17.5 Å². The molecule has 0 aliphatic rings. The van der Waals surface area contributed by atoms with E-state index in [-0.39, 0.29) is 11.4 Å². The summed E-state index contributed by atoms with van der Waals surface area (Å²) in [5.74, 6) is -0.286. The second-order valence-corrected chi connectivity index (χ2v) is 3.88. The molecule has 0 unspecified atom stereocenters. The molecule has 2 rings (SSSR count). The van der Waals surface area contributed by atoms with Crippen molar-refractivity contribution in [1.29, 1.82) is 5.26 Å². The molecule has 0 aromatic heterocycles. The lowest BCUT2D eigenvalue weighted by Crippen LogP contribution is -2.04. The van der Waals surface area contributed by atoms with Crippen LogP contribution in [-0.2, 0) is 0 Å². The zero-order valence-corrected chi connectivity index (χ0v) is 10.2. The lowest BCUT2D eigenvalue weighted by Gasteiger charge is -2.02. The van der Waals surface area contributed by atoms with Crippen molar-refractivity contribution >= 4 is 11.5 Å². The molecule has 3 heteroatoms. The van der Waals surface area contributed by atoms with Crippen LogP contribution >= 0.6 is 0 Å². The number of allylic oxidation sites excluding steroid dienone is 1. The van der Waals surface area contributed by atoms with E-state index in [0.29, 0.717) is 5.56 Å². The minimum atomic E-state index is -0.286. The fourth-order valence-corrected chi connectivity index (χ4v) is 1.58. The van der Waals surface area contributed by atoms with Gasteiger partial charge in [-0.3, -0.25) is 4.79 Å². The summed E-state index contributed by atoms with van der Waals surface area (Å²) in [6.07, 6.45) is 1.44. The summed E-state index contributed by atoms with van der Waals surface area (Å²) in [7, 11) is 0. The van der Waals surface area contributed by atoms with Crippen LogP contribution in [0.5, 0.6) is 0 Å². The first-order valence-electron chi connectivity index (χ1n) is 5.83. The second kappa shape index (κ2) is 6.18. The molecule has 0 amide bonds. The Morgan fingerprint density at radius 2 is 1.58 bits per heavy atom. The topological polar surface area (TPSA) is 52.9 Å². The SMILES string of the molecule is N#CC(=CNc1ccccc1)C(=O)c1ccccc1. The third-order valence-electron chi connectivity index (χ3n) is 2.56. The first-order valence-corrected chi connectivity index (χ1v) is 5.83. The summed E-state index contributed by atoms with van der Waals surface area (Å²) in [6.45, 7) is 0. The monoisotopic (exact) mass is 248 g/mol. The van der Waals surface area contributed by atoms with Gasteiger partial charge in [0.1, 0.15) is 11.6 Å². The van der Waals surface area contributed by atoms with Crippen LogP contribution in [-0.4, -0.2) is 5.78 Å². The van der Waals surface area contributed by atoms with Crippen LogP contribution in [0.25, 0.3) is 0 Å². The Morgan fingerprint density at radius 1 is 1.00 bits per heavy atom. The van der Waals surface area contributed by atoms with E-state index in [9.17, 15) is 4.79 Å². The van der Waals surface area contributed by atoms with Crippen molar-refractivity contribution in [3.8, 4) is 6.07 Å². The Labute approximate surface area is 111 Å². The Hall–Kier alpha value is -2.86. The van der Waals surface area contributed by atoms with Gasteiger partial charge < -0.3 is 5.32 Å². The number of carbonyl (C=O) groups is 1. The first kappa shape index (κ1) is 12.6. The van der Waals surface area contributed by atoms with Gasteiger partial charge in [0.15, 0.2) is 0 Å². The molecule has 2 aromatic carbocycles. The number of nitrogens with one attached hydrogen (secondary N) is 1. The van der Waals surface area contributed by atoms with Crippen LogP contribution < -0.4 is 5.32 Å². The predicted molar refractivity (Wildman–Crippen MR) is 74.5 cm³/mol. The highest BCUT2D eigenvalue weighted by atomic mass is 16.1. The molecule has 0 aliphatic carbocycles. The van der Waals surface area contributed by atoms with E-state index in [4.69, 9.17) is 5.26 Å². The van der Waals surface area contributed by atoms with Crippen LogP contribution in [0, 0.1) is 11.3 Å². The molecule has 1 N–H and O–H groups in total. The zero-order valence-electron chi connectivity index (χ0n) is 10.2. The van der Waals surface area contributed by atoms with Gasteiger partial charge in [-0.25, -0.2) is 0 Å². The van der Waals surface area contributed by atoms with Crippen molar-refractivity contribution in [2.75, 3.05) is 5.32 Å². The number of Topliss-reactive ketones (excluding diaryl/α,β-unsaturated/α-hetero) is 1. The van der Waals surface area contributed by atoms with Crippen LogP contribution in [0.4, 0.5) is 5.69 Å². The van der Waals surface area contributed by atoms with Gasteiger partial charge in [0.2, 0.25) is 5.78 Å². The number of nitriles is 1. The molecule has 2 aromatic rings. The van der Waals surface area contributed by atoms with Crippen LogP contribution in [0.15, 0.2) is 72.4 Å². The number of benzene rings is 2. The highest BCUT2D eigenvalue weighted by Gasteiger charge is 2.10. The molecular weight excluding hydrogens is 236 g/mol. The van der Waals surface area contributed by atoms with Crippen molar-refractivity contribution in [3.05, 3.63) is 78.0 Å². The van der Waals surface area contributed by atoms with Gasteiger partial charge >= 0.3 is 0 Å². The Balaban J connectivity index is 2.17. The lowest BCUT2D eigenvalue weighted by atomic mass is 10.1. The Kier molecular flexibility index (Phi) is 4.09. The van der Waals surface area contributed by atoms with E-state index in [1.54, 1.807) is 24.3 Å². The first-order chi connectivity index (χ1) is 9.31. The Bertz CT molecular complexity index is 625. The molecule has 0 saturated heterocycles. The third-order valence-corrected chi connectivity index (χ3v) is 2.56. The summed E-state index contributed by atoms with van der Waals surface area (Å²) in [4.78, 5) is 12.1. The molecule has 0 aliphatic heterocycles. The highest BCUT2D eigenvalue weighted by molar-refractivity contribution is 6.11. The van der Waals surface area contributed by atoms with E-state index in [1.165, 1.54) is 6.20 Å². The number of ketones is 1. The number of para-hydroxylation sites is 1. The van der Waals surface area contributed by atoms with Crippen molar-refractivity contribution in [2.45, 2.75) is 0 Å². The average Bonchev–Trinajstić information content (AvgIpc) is 2.49. The summed E-state index contributed by atoms with van der Waals surface area (Å²) in [6, 6.07) is 20.0. The van der Waals surface area contributed by atoms with Crippen LogP contribution in [0.2, 0.25) is 0 Å². The largest absolute Gasteiger partial charge is 0.360 e. The minimum absolute atomic E-state index is 0.0788. The van der Waals surface area contributed by atoms with Gasteiger partial charge in [0.05, 0.1) is 0 Å². The van der Waals surface area contributed by atoms with Gasteiger partial charge in [0.25, 0.3) is 0 Å². The third kappa shape index (κ3) is 3.30. The summed E-state index contributed by atoms with van der Waals surface area (Å²) < 4.78 is 0. The van der Waals surface area contributed by atoms with Crippen LogP contribution in [0.1, 0.15) is 10.4 Å². The molecule has 19 heavy (non-hydrogen) atoms. The number of hydrogen-bond acceptors (Lipinski definition) is 3. The van der Waals surface area contributed by atoms with Gasteiger partial charge in [-0.1, -0.05) is 48.5 Å². The molecule has 0 atom stereocenters. The van der Waals surface area contributed by atoms with Crippen molar-refractivity contribution < 1.29 is 4.79 Å². The molecule has 0 radical (unpaired) electrons.